The van der Waals surface area contributed by atoms with Gasteiger partial charge in [-0.1, -0.05) is 63.6 Å². The molecule has 0 aliphatic heterocycles. The Morgan fingerprint density at radius 3 is 2.32 bits per heavy atom. The predicted molar refractivity (Wildman–Crippen MR) is 85.6 cm³/mol. The summed E-state index contributed by atoms with van der Waals surface area (Å²) in [6, 6.07) is 7.05. The van der Waals surface area contributed by atoms with Crippen molar-refractivity contribution in [2.24, 2.45) is 5.73 Å². The Bertz CT molecular complexity index is 357. The molecule has 2 N–H and O–H groups in total. The van der Waals surface area contributed by atoms with Crippen LogP contribution in [0.25, 0.3) is 0 Å². The minimum atomic E-state index is 0.327. The van der Waals surface area contributed by atoms with E-state index < -0.39 is 0 Å². The molecule has 0 amide bonds. The summed E-state index contributed by atoms with van der Waals surface area (Å²) in [5.74, 6) is 0. The third-order valence-corrected chi connectivity index (χ3v) is 4.00. The first-order valence-corrected chi connectivity index (χ1v) is 7.95. The van der Waals surface area contributed by atoms with Gasteiger partial charge in [0.15, 0.2) is 0 Å². The zero-order valence-corrected chi connectivity index (χ0v) is 13.0. The Labute approximate surface area is 119 Å². The van der Waals surface area contributed by atoms with Crippen molar-refractivity contribution in [1.82, 2.24) is 0 Å². The molecule has 0 aliphatic rings. The number of aryl methyl sites for hydroxylation is 2. The van der Waals surface area contributed by atoms with Gasteiger partial charge in [0.2, 0.25) is 0 Å². The SMILES string of the molecule is CCCCCCCCC(N)Cc1ccc(C)c(C)c1. The van der Waals surface area contributed by atoms with Gasteiger partial charge in [-0.3, -0.25) is 0 Å². The van der Waals surface area contributed by atoms with E-state index in [-0.39, 0.29) is 0 Å². The number of benzene rings is 1. The lowest BCUT2D eigenvalue weighted by atomic mass is 9.98. The maximum atomic E-state index is 6.23. The first-order chi connectivity index (χ1) is 9.13. The molecule has 1 nitrogen and oxygen atoms in total. The van der Waals surface area contributed by atoms with Crippen LogP contribution >= 0.6 is 0 Å². The third-order valence-electron chi connectivity index (χ3n) is 4.00. The van der Waals surface area contributed by atoms with Gasteiger partial charge in [0.05, 0.1) is 0 Å². The summed E-state index contributed by atoms with van der Waals surface area (Å²) in [6.07, 6.45) is 10.3. The zero-order valence-electron chi connectivity index (χ0n) is 13.0. The highest BCUT2D eigenvalue weighted by molar-refractivity contribution is 5.30. The summed E-state index contributed by atoms with van der Waals surface area (Å²) >= 11 is 0. The van der Waals surface area contributed by atoms with E-state index in [1.165, 1.54) is 61.6 Å². The van der Waals surface area contributed by atoms with E-state index >= 15 is 0 Å². The summed E-state index contributed by atoms with van der Waals surface area (Å²) < 4.78 is 0. The van der Waals surface area contributed by atoms with Crippen molar-refractivity contribution >= 4 is 0 Å². The Kier molecular flexibility index (Phi) is 7.81. The molecule has 0 radical (unpaired) electrons. The molecule has 1 atom stereocenters. The van der Waals surface area contributed by atoms with Crippen LogP contribution in [-0.4, -0.2) is 6.04 Å². The van der Waals surface area contributed by atoms with Crippen LogP contribution in [-0.2, 0) is 6.42 Å². The van der Waals surface area contributed by atoms with Gasteiger partial charge in [-0.15, -0.1) is 0 Å². The predicted octanol–water partition coefficient (Wildman–Crippen LogP) is 4.92. The maximum Gasteiger partial charge on any atom is 0.00793 e. The van der Waals surface area contributed by atoms with Crippen molar-refractivity contribution in [2.75, 3.05) is 0 Å². The minimum absolute atomic E-state index is 0.327. The van der Waals surface area contributed by atoms with Crippen LogP contribution in [0.15, 0.2) is 18.2 Å². The average Bonchev–Trinajstić information content (AvgIpc) is 2.38. The summed E-state index contributed by atoms with van der Waals surface area (Å²) in [7, 11) is 0. The summed E-state index contributed by atoms with van der Waals surface area (Å²) in [5.41, 5.74) is 10.4. The van der Waals surface area contributed by atoms with E-state index in [4.69, 9.17) is 5.73 Å². The smallest absolute Gasteiger partial charge is 0.00793 e. The number of rotatable bonds is 9. The molecule has 0 bridgehead atoms. The van der Waals surface area contributed by atoms with Crippen molar-refractivity contribution in [1.29, 1.82) is 0 Å². The molecule has 0 saturated heterocycles. The van der Waals surface area contributed by atoms with E-state index in [1.807, 2.05) is 0 Å². The second-order valence-electron chi connectivity index (χ2n) is 5.94. The van der Waals surface area contributed by atoms with Gasteiger partial charge in [-0.25, -0.2) is 0 Å². The molecule has 1 rings (SSSR count). The maximum absolute atomic E-state index is 6.23. The van der Waals surface area contributed by atoms with E-state index in [2.05, 4.69) is 39.0 Å². The van der Waals surface area contributed by atoms with E-state index in [0.717, 1.165) is 6.42 Å². The average molecular weight is 261 g/mol. The molecule has 108 valence electrons. The quantitative estimate of drug-likeness (QED) is 0.627. The second-order valence-corrected chi connectivity index (χ2v) is 5.94. The molecule has 0 heterocycles. The first-order valence-electron chi connectivity index (χ1n) is 7.95. The lowest BCUT2D eigenvalue weighted by Gasteiger charge is -2.12. The Morgan fingerprint density at radius 1 is 0.947 bits per heavy atom. The van der Waals surface area contributed by atoms with Crippen LogP contribution in [0.4, 0.5) is 0 Å². The number of hydrogen-bond acceptors (Lipinski definition) is 1. The summed E-state index contributed by atoms with van der Waals surface area (Å²) in [6.45, 7) is 6.60. The molecule has 19 heavy (non-hydrogen) atoms. The lowest BCUT2D eigenvalue weighted by Crippen LogP contribution is -2.22. The second kappa shape index (κ2) is 9.14. The summed E-state index contributed by atoms with van der Waals surface area (Å²) in [4.78, 5) is 0. The molecule has 0 aliphatic carbocycles. The van der Waals surface area contributed by atoms with Crippen LogP contribution in [0.2, 0.25) is 0 Å². The van der Waals surface area contributed by atoms with E-state index in [9.17, 15) is 0 Å². The van der Waals surface area contributed by atoms with E-state index in [0.29, 0.717) is 6.04 Å². The fraction of sp³-hybridized carbons (Fsp3) is 0.667. The van der Waals surface area contributed by atoms with Gasteiger partial charge >= 0.3 is 0 Å². The standard InChI is InChI=1S/C18H31N/c1-4-5-6-7-8-9-10-18(19)14-17-12-11-15(2)16(3)13-17/h11-13,18H,4-10,14,19H2,1-3H3. The normalized spacial score (nSPS) is 12.6. The van der Waals surface area contributed by atoms with Crippen molar-refractivity contribution < 1.29 is 0 Å². The Balaban J connectivity index is 2.19. The van der Waals surface area contributed by atoms with Crippen LogP contribution in [0.3, 0.4) is 0 Å². The fourth-order valence-corrected chi connectivity index (χ4v) is 2.52. The third kappa shape index (κ3) is 6.77. The van der Waals surface area contributed by atoms with Gasteiger partial charge < -0.3 is 5.73 Å². The minimum Gasteiger partial charge on any atom is -0.327 e. The lowest BCUT2D eigenvalue weighted by molar-refractivity contribution is 0.532. The molecule has 1 heteroatoms. The fourth-order valence-electron chi connectivity index (χ4n) is 2.52. The highest BCUT2D eigenvalue weighted by Gasteiger charge is 2.05. The molecule has 1 aromatic rings. The van der Waals surface area contributed by atoms with Crippen molar-refractivity contribution in [3.8, 4) is 0 Å². The van der Waals surface area contributed by atoms with Crippen LogP contribution in [0.5, 0.6) is 0 Å². The Hall–Kier alpha value is -0.820. The van der Waals surface area contributed by atoms with Gasteiger partial charge in [0.25, 0.3) is 0 Å². The van der Waals surface area contributed by atoms with Crippen molar-refractivity contribution in [3.63, 3.8) is 0 Å². The molecule has 1 unspecified atom stereocenters. The highest BCUT2D eigenvalue weighted by atomic mass is 14.6. The number of unbranched alkanes of at least 4 members (excludes halogenated alkanes) is 5. The molecule has 0 spiro atoms. The van der Waals surface area contributed by atoms with Crippen LogP contribution < -0.4 is 5.73 Å². The molecule has 0 saturated carbocycles. The largest absolute Gasteiger partial charge is 0.327 e. The van der Waals surface area contributed by atoms with Crippen molar-refractivity contribution in [3.05, 3.63) is 34.9 Å². The molecular weight excluding hydrogens is 230 g/mol. The topological polar surface area (TPSA) is 26.0 Å². The van der Waals surface area contributed by atoms with Crippen molar-refractivity contribution in [2.45, 2.75) is 78.2 Å². The monoisotopic (exact) mass is 261 g/mol. The van der Waals surface area contributed by atoms with E-state index in [1.54, 1.807) is 0 Å². The van der Waals surface area contributed by atoms with Crippen LogP contribution in [0.1, 0.15) is 68.6 Å². The summed E-state index contributed by atoms with van der Waals surface area (Å²) in [5, 5.41) is 0. The van der Waals surface area contributed by atoms with Crippen LogP contribution in [0, 0.1) is 13.8 Å². The molecular formula is C18H31N. The molecule has 1 aromatic carbocycles. The van der Waals surface area contributed by atoms with Gasteiger partial charge in [-0.2, -0.15) is 0 Å². The van der Waals surface area contributed by atoms with Gasteiger partial charge in [0, 0.05) is 6.04 Å². The molecule has 0 fully saturated rings. The number of hydrogen-bond donors (Lipinski definition) is 1. The van der Waals surface area contributed by atoms with Gasteiger partial charge in [0.1, 0.15) is 0 Å². The Morgan fingerprint density at radius 2 is 1.63 bits per heavy atom. The highest BCUT2D eigenvalue weighted by Crippen LogP contribution is 2.14. The first kappa shape index (κ1) is 16.2. The number of nitrogens with two attached hydrogens (primary N) is 1. The van der Waals surface area contributed by atoms with Gasteiger partial charge in [-0.05, 0) is 43.4 Å². The zero-order chi connectivity index (χ0) is 14.1. The molecule has 0 aromatic heterocycles.